The van der Waals surface area contributed by atoms with Crippen LogP contribution < -0.4 is 15.2 Å². The second kappa shape index (κ2) is 6.83. The van der Waals surface area contributed by atoms with E-state index in [9.17, 15) is 4.79 Å². The van der Waals surface area contributed by atoms with Gasteiger partial charge in [-0.15, -0.1) is 0 Å². The van der Waals surface area contributed by atoms with Crippen molar-refractivity contribution in [3.63, 3.8) is 0 Å². The van der Waals surface area contributed by atoms with Crippen molar-refractivity contribution in [1.82, 2.24) is 4.90 Å². The lowest BCUT2D eigenvalue weighted by molar-refractivity contribution is 0.0735. The molecule has 0 aliphatic carbocycles. The summed E-state index contributed by atoms with van der Waals surface area (Å²) in [6.07, 6.45) is 1.91. The highest BCUT2D eigenvalue weighted by Gasteiger charge is 2.31. The van der Waals surface area contributed by atoms with E-state index in [2.05, 4.69) is 0 Å². The van der Waals surface area contributed by atoms with Gasteiger partial charge in [0.05, 0.1) is 20.3 Å². The van der Waals surface area contributed by atoms with Crippen LogP contribution >= 0.6 is 0 Å². The van der Waals surface area contributed by atoms with E-state index in [1.54, 1.807) is 26.4 Å². The first-order chi connectivity index (χ1) is 11.6. The quantitative estimate of drug-likeness (QED) is 0.876. The average molecular weight is 326 g/mol. The lowest BCUT2D eigenvalue weighted by Gasteiger charge is -2.26. The zero-order valence-electron chi connectivity index (χ0n) is 14.0. The van der Waals surface area contributed by atoms with E-state index >= 15 is 0 Å². The highest BCUT2D eigenvalue weighted by molar-refractivity contribution is 5.95. The summed E-state index contributed by atoms with van der Waals surface area (Å²) in [6, 6.07) is 13.0. The van der Waals surface area contributed by atoms with Crippen LogP contribution in [-0.4, -0.2) is 31.6 Å². The number of benzene rings is 2. The average Bonchev–Trinajstić information content (AvgIpc) is 3.10. The van der Waals surface area contributed by atoms with Gasteiger partial charge in [-0.1, -0.05) is 12.1 Å². The Bertz CT molecular complexity index is 745. The molecule has 1 amide bonds. The molecule has 2 N–H and O–H groups in total. The van der Waals surface area contributed by atoms with Crippen LogP contribution in [0.5, 0.6) is 11.5 Å². The second-order valence-electron chi connectivity index (χ2n) is 5.90. The SMILES string of the molecule is COc1ccc(C2CCCN2C(=O)c2cccc(N)c2)cc1OC. The molecular weight excluding hydrogens is 304 g/mol. The summed E-state index contributed by atoms with van der Waals surface area (Å²) in [5.41, 5.74) is 8.09. The summed E-state index contributed by atoms with van der Waals surface area (Å²) >= 11 is 0. The van der Waals surface area contributed by atoms with E-state index in [1.165, 1.54) is 0 Å². The minimum atomic E-state index is 0.0135. The minimum absolute atomic E-state index is 0.0135. The van der Waals surface area contributed by atoms with Crippen molar-refractivity contribution in [1.29, 1.82) is 0 Å². The number of carbonyl (C=O) groups is 1. The normalized spacial score (nSPS) is 16.9. The van der Waals surface area contributed by atoms with E-state index in [0.717, 1.165) is 24.9 Å². The number of ether oxygens (including phenoxy) is 2. The molecule has 126 valence electrons. The van der Waals surface area contributed by atoms with E-state index in [-0.39, 0.29) is 11.9 Å². The van der Waals surface area contributed by atoms with Crippen LogP contribution in [0.15, 0.2) is 42.5 Å². The van der Waals surface area contributed by atoms with Gasteiger partial charge in [-0.25, -0.2) is 0 Å². The number of nitrogens with two attached hydrogens (primary N) is 1. The molecule has 5 heteroatoms. The molecule has 3 rings (SSSR count). The summed E-state index contributed by atoms with van der Waals surface area (Å²) in [5, 5.41) is 0. The van der Waals surface area contributed by atoms with E-state index in [1.807, 2.05) is 35.2 Å². The number of methoxy groups -OCH3 is 2. The van der Waals surface area contributed by atoms with Crippen LogP contribution in [0.25, 0.3) is 0 Å². The van der Waals surface area contributed by atoms with Gasteiger partial charge in [0.25, 0.3) is 5.91 Å². The molecule has 1 aliphatic heterocycles. The van der Waals surface area contributed by atoms with Gasteiger partial charge in [0.2, 0.25) is 0 Å². The molecule has 5 nitrogen and oxygen atoms in total. The van der Waals surface area contributed by atoms with Gasteiger partial charge < -0.3 is 20.1 Å². The maximum atomic E-state index is 12.9. The van der Waals surface area contributed by atoms with Crippen LogP contribution in [0.1, 0.15) is 34.8 Å². The Hall–Kier alpha value is -2.69. The molecule has 1 atom stereocenters. The van der Waals surface area contributed by atoms with Crippen LogP contribution in [-0.2, 0) is 0 Å². The molecule has 0 aromatic heterocycles. The number of hydrogen-bond donors (Lipinski definition) is 1. The van der Waals surface area contributed by atoms with Crippen molar-refractivity contribution in [2.45, 2.75) is 18.9 Å². The molecule has 1 fully saturated rings. The number of amides is 1. The number of hydrogen-bond acceptors (Lipinski definition) is 4. The van der Waals surface area contributed by atoms with Crippen molar-refractivity contribution in [2.24, 2.45) is 0 Å². The molecule has 24 heavy (non-hydrogen) atoms. The smallest absolute Gasteiger partial charge is 0.254 e. The highest BCUT2D eigenvalue weighted by Crippen LogP contribution is 2.37. The monoisotopic (exact) mass is 326 g/mol. The predicted octanol–water partition coefficient (Wildman–Crippen LogP) is 3.26. The van der Waals surface area contributed by atoms with Gasteiger partial charge >= 0.3 is 0 Å². The maximum absolute atomic E-state index is 12.9. The number of nitrogens with zero attached hydrogens (tertiary/aromatic N) is 1. The standard InChI is InChI=1S/C19H22N2O3/c1-23-17-9-8-13(12-18(17)24-2)16-7-4-10-21(16)19(22)14-5-3-6-15(20)11-14/h3,5-6,8-9,11-12,16H,4,7,10,20H2,1-2H3. The molecule has 1 unspecified atom stereocenters. The third-order valence-electron chi connectivity index (χ3n) is 4.44. The summed E-state index contributed by atoms with van der Waals surface area (Å²) in [6.45, 7) is 0.743. The Labute approximate surface area is 142 Å². The van der Waals surface area contributed by atoms with Gasteiger partial charge in [0.1, 0.15) is 0 Å². The topological polar surface area (TPSA) is 64.8 Å². The van der Waals surface area contributed by atoms with Crippen LogP contribution in [0, 0.1) is 0 Å². The van der Waals surface area contributed by atoms with E-state index in [0.29, 0.717) is 22.7 Å². The predicted molar refractivity (Wildman–Crippen MR) is 93.4 cm³/mol. The number of carbonyl (C=O) groups excluding carboxylic acids is 1. The van der Waals surface area contributed by atoms with E-state index in [4.69, 9.17) is 15.2 Å². The first kappa shape index (κ1) is 16.2. The van der Waals surface area contributed by atoms with Crippen LogP contribution in [0.3, 0.4) is 0 Å². The summed E-state index contributed by atoms with van der Waals surface area (Å²) in [7, 11) is 3.23. The Kier molecular flexibility index (Phi) is 4.60. The first-order valence-corrected chi connectivity index (χ1v) is 8.02. The molecule has 2 aromatic rings. The van der Waals surface area contributed by atoms with Crippen molar-refractivity contribution in [2.75, 3.05) is 26.5 Å². The zero-order valence-corrected chi connectivity index (χ0v) is 14.0. The largest absolute Gasteiger partial charge is 0.493 e. The third-order valence-corrected chi connectivity index (χ3v) is 4.44. The number of anilines is 1. The fourth-order valence-corrected chi connectivity index (χ4v) is 3.25. The minimum Gasteiger partial charge on any atom is -0.493 e. The molecule has 0 saturated carbocycles. The number of nitrogen functional groups attached to an aromatic ring is 1. The van der Waals surface area contributed by atoms with Gasteiger partial charge in [0, 0.05) is 17.8 Å². The molecule has 1 saturated heterocycles. The number of rotatable bonds is 4. The zero-order chi connectivity index (χ0) is 17.1. The van der Waals surface area contributed by atoms with Crippen molar-refractivity contribution in [3.05, 3.63) is 53.6 Å². The molecule has 0 spiro atoms. The van der Waals surface area contributed by atoms with Gasteiger partial charge in [-0.05, 0) is 48.7 Å². The third kappa shape index (κ3) is 3.02. The number of likely N-dealkylation sites (tertiary alicyclic amines) is 1. The highest BCUT2D eigenvalue weighted by atomic mass is 16.5. The molecule has 0 radical (unpaired) electrons. The maximum Gasteiger partial charge on any atom is 0.254 e. The Morgan fingerprint density at radius 3 is 2.62 bits per heavy atom. The molecule has 0 bridgehead atoms. The summed E-state index contributed by atoms with van der Waals surface area (Å²) in [5.74, 6) is 1.38. The fourth-order valence-electron chi connectivity index (χ4n) is 3.25. The lowest BCUT2D eigenvalue weighted by Crippen LogP contribution is -2.30. The molecule has 1 heterocycles. The molecule has 1 aliphatic rings. The van der Waals surface area contributed by atoms with Crippen molar-refractivity contribution < 1.29 is 14.3 Å². The Morgan fingerprint density at radius 1 is 1.12 bits per heavy atom. The Balaban J connectivity index is 1.89. The molecule has 2 aromatic carbocycles. The van der Waals surface area contributed by atoms with Crippen molar-refractivity contribution >= 4 is 11.6 Å². The second-order valence-corrected chi connectivity index (χ2v) is 5.90. The van der Waals surface area contributed by atoms with Crippen molar-refractivity contribution in [3.8, 4) is 11.5 Å². The Morgan fingerprint density at radius 2 is 1.92 bits per heavy atom. The van der Waals surface area contributed by atoms with Gasteiger partial charge in [-0.3, -0.25) is 4.79 Å². The fraction of sp³-hybridized carbons (Fsp3) is 0.316. The summed E-state index contributed by atoms with van der Waals surface area (Å²) in [4.78, 5) is 14.8. The lowest BCUT2D eigenvalue weighted by atomic mass is 10.0. The van der Waals surface area contributed by atoms with E-state index < -0.39 is 0 Å². The molecular formula is C19H22N2O3. The van der Waals surface area contributed by atoms with Gasteiger partial charge in [0.15, 0.2) is 11.5 Å². The first-order valence-electron chi connectivity index (χ1n) is 8.02. The van der Waals surface area contributed by atoms with Gasteiger partial charge in [-0.2, -0.15) is 0 Å². The van der Waals surface area contributed by atoms with Crippen LogP contribution in [0.4, 0.5) is 5.69 Å². The summed E-state index contributed by atoms with van der Waals surface area (Å²) < 4.78 is 10.7. The van der Waals surface area contributed by atoms with Crippen LogP contribution in [0.2, 0.25) is 0 Å².